The first-order valence-corrected chi connectivity index (χ1v) is 15.8. The highest BCUT2D eigenvalue weighted by Gasteiger charge is 2.55. The summed E-state index contributed by atoms with van der Waals surface area (Å²) >= 11 is 1.59. The number of aryl methyl sites for hydroxylation is 2. The van der Waals surface area contributed by atoms with Crippen LogP contribution in [0, 0.1) is 12.8 Å². The average molecular weight is 598 g/mol. The number of fused-ring (bicyclic) bond motifs is 2. The average Bonchev–Trinajstić information content (AvgIpc) is 3.28. The highest BCUT2D eigenvalue weighted by atomic mass is 32.2. The van der Waals surface area contributed by atoms with Crippen molar-refractivity contribution in [2.75, 3.05) is 40.4 Å². The maximum Gasteiger partial charge on any atom is 0.325 e. The van der Waals surface area contributed by atoms with E-state index >= 15 is 0 Å². The number of methoxy groups -OCH3 is 2. The number of aromatic nitrogens is 2. The number of thioether (sulfide) groups is 1. The summed E-state index contributed by atoms with van der Waals surface area (Å²) in [5.41, 5.74) is 4.71. The molecule has 2 fully saturated rings. The highest BCUT2D eigenvalue weighted by molar-refractivity contribution is 8.00. The van der Waals surface area contributed by atoms with E-state index in [0.29, 0.717) is 44.8 Å². The largest absolute Gasteiger partial charge is 0.501 e. The minimum atomic E-state index is -0.462. The van der Waals surface area contributed by atoms with Crippen LogP contribution in [0.3, 0.4) is 0 Å². The second-order valence-electron chi connectivity index (χ2n) is 11.4. The van der Waals surface area contributed by atoms with Crippen molar-refractivity contribution in [3.63, 3.8) is 0 Å². The molecule has 0 N–H and O–H groups in total. The monoisotopic (exact) mass is 597 g/mol. The Morgan fingerprint density at radius 2 is 1.93 bits per heavy atom. The maximum absolute atomic E-state index is 14.0. The van der Waals surface area contributed by atoms with Crippen LogP contribution in [0.15, 0.2) is 52.1 Å². The topological polar surface area (TPSA) is 80.1 Å². The van der Waals surface area contributed by atoms with Crippen LogP contribution in [-0.4, -0.2) is 87.6 Å². The zero-order valence-electron chi connectivity index (χ0n) is 26.7. The van der Waals surface area contributed by atoms with Gasteiger partial charge in [-0.15, -0.1) is 0 Å². The first-order valence-electron chi connectivity index (χ1n) is 14.9. The zero-order valence-corrected chi connectivity index (χ0v) is 27.6. The van der Waals surface area contributed by atoms with Gasteiger partial charge in [0.05, 0.1) is 48.0 Å². The molecule has 0 bridgehead atoms. The Morgan fingerprint density at radius 3 is 2.50 bits per heavy atom. The van der Waals surface area contributed by atoms with Gasteiger partial charge in [-0.2, -0.15) is 5.10 Å². The third kappa shape index (κ3) is 5.50. The lowest BCUT2D eigenvalue weighted by molar-refractivity contribution is -0.132. The van der Waals surface area contributed by atoms with Crippen LogP contribution in [0.1, 0.15) is 58.7 Å². The van der Waals surface area contributed by atoms with E-state index in [2.05, 4.69) is 31.6 Å². The quantitative estimate of drug-likeness (QED) is 0.279. The Hall–Kier alpha value is -3.14. The summed E-state index contributed by atoms with van der Waals surface area (Å²) in [5.74, 6) is 1.44. The van der Waals surface area contributed by atoms with E-state index in [9.17, 15) is 9.59 Å². The number of nitrogens with zero attached hydrogens (tertiary/aromatic N) is 5. The van der Waals surface area contributed by atoms with Crippen molar-refractivity contribution in [3.05, 3.63) is 58.3 Å². The number of likely N-dealkylation sites (N-methyl/N-ethyl adjacent to an activating group) is 1. The van der Waals surface area contributed by atoms with Gasteiger partial charge in [0.15, 0.2) is 0 Å². The molecule has 4 heterocycles. The van der Waals surface area contributed by atoms with Crippen LogP contribution in [0.2, 0.25) is 0 Å². The Bertz CT molecular complexity index is 1330. The molecule has 1 unspecified atom stereocenters. The summed E-state index contributed by atoms with van der Waals surface area (Å²) in [6.07, 6.45) is 6.46. The van der Waals surface area contributed by atoms with Gasteiger partial charge in [-0.3, -0.25) is 14.4 Å². The summed E-state index contributed by atoms with van der Waals surface area (Å²) in [5, 5.41) is 5.40. The standard InChI is InChI=1S/C32H47N5O4S/c1-11-26-22(5)33-34(8)30(26)42-24(7)29(38)35-15-13-32(14-16-35)27-17-20(3)28(23(6)41-10)25(18-21(4)40-9)19-36(27)31(39)37(32)12-2/h17-18,20,24H,6,11-16,19H2,1-5,7-10H3/b21-18+/t20-,24?/m0/s1. The first-order chi connectivity index (χ1) is 19.9. The third-order valence-electron chi connectivity index (χ3n) is 9.03. The lowest BCUT2D eigenvalue weighted by Gasteiger charge is -2.44. The minimum Gasteiger partial charge on any atom is -0.501 e. The van der Waals surface area contributed by atoms with Crippen LogP contribution >= 0.6 is 11.8 Å². The van der Waals surface area contributed by atoms with Gasteiger partial charge in [0.1, 0.15) is 5.76 Å². The van der Waals surface area contributed by atoms with Gasteiger partial charge in [0.2, 0.25) is 5.91 Å². The molecule has 4 rings (SSSR count). The van der Waals surface area contributed by atoms with Gasteiger partial charge >= 0.3 is 6.03 Å². The number of carbonyl (C=O) groups excluding carboxylic acids is 2. The number of likely N-dealkylation sites (tertiary alicyclic amines) is 1. The van der Waals surface area contributed by atoms with Crippen molar-refractivity contribution in [2.24, 2.45) is 13.0 Å². The van der Waals surface area contributed by atoms with Gasteiger partial charge < -0.3 is 19.3 Å². The molecule has 230 valence electrons. The number of carbonyl (C=O) groups is 2. The van der Waals surface area contributed by atoms with E-state index in [0.717, 1.165) is 39.7 Å². The lowest BCUT2D eigenvalue weighted by Crippen LogP contribution is -2.55. The number of amides is 3. The molecular weight excluding hydrogens is 550 g/mol. The van der Waals surface area contributed by atoms with E-state index in [-0.39, 0.29) is 23.1 Å². The van der Waals surface area contributed by atoms with Gasteiger partial charge in [-0.1, -0.05) is 38.3 Å². The Balaban J connectivity index is 1.60. The molecule has 2 atom stereocenters. The number of ether oxygens (including phenoxy) is 2. The van der Waals surface area contributed by atoms with E-state index in [4.69, 9.17) is 9.47 Å². The van der Waals surface area contributed by atoms with E-state index in [1.54, 1.807) is 26.0 Å². The van der Waals surface area contributed by atoms with Gasteiger partial charge in [-0.25, -0.2) is 4.79 Å². The normalized spacial score (nSPS) is 21.4. The van der Waals surface area contributed by atoms with Crippen molar-refractivity contribution in [1.29, 1.82) is 0 Å². The van der Waals surface area contributed by atoms with E-state index in [1.165, 1.54) is 5.56 Å². The van der Waals surface area contributed by atoms with Crippen molar-refractivity contribution in [2.45, 2.75) is 76.6 Å². The molecule has 0 saturated carbocycles. The Morgan fingerprint density at radius 1 is 1.26 bits per heavy atom. The van der Waals surface area contributed by atoms with Gasteiger partial charge in [0.25, 0.3) is 0 Å². The highest BCUT2D eigenvalue weighted by Crippen LogP contribution is 2.47. The Kier molecular flexibility index (Phi) is 9.55. The second kappa shape index (κ2) is 12.6. The van der Waals surface area contributed by atoms with E-state index < -0.39 is 5.54 Å². The molecule has 2 saturated heterocycles. The van der Waals surface area contributed by atoms with Crippen molar-refractivity contribution >= 4 is 23.7 Å². The molecular formula is C32H47N5O4S. The van der Waals surface area contributed by atoms with Gasteiger partial charge in [-0.05, 0) is 58.6 Å². The molecule has 0 aromatic carbocycles. The molecule has 0 radical (unpaired) electrons. The Labute approximate surface area is 255 Å². The molecule has 9 nitrogen and oxygen atoms in total. The molecule has 3 amide bonds. The summed E-state index contributed by atoms with van der Waals surface area (Å²) < 4.78 is 13.0. The van der Waals surface area contributed by atoms with Crippen molar-refractivity contribution < 1.29 is 19.1 Å². The van der Waals surface area contributed by atoms with Crippen molar-refractivity contribution in [3.8, 4) is 0 Å². The van der Waals surface area contributed by atoms with Crippen LogP contribution in [-0.2, 0) is 27.7 Å². The van der Waals surface area contributed by atoms with Crippen LogP contribution in [0.25, 0.3) is 0 Å². The van der Waals surface area contributed by atoms with Gasteiger partial charge in [0, 0.05) is 49.4 Å². The fourth-order valence-electron chi connectivity index (χ4n) is 6.83. The maximum atomic E-state index is 14.0. The fourth-order valence-corrected chi connectivity index (χ4v) is 8.04. The smallest absolute Gasteiger partial charge is 0.325 e. The second-order valence-corrected chi connectivity index (χ2v) is 12.8. The molecule has 3 aliphatic rings. The summed E-state index contributed by atoms with van der Waals surface area (Å²) in [6, 6.07) is 0.00331. The number of rotatable bonds is 9. The third-order valence-corrected chi connectivity index (χ3v) is 10.3. The first kappa shape index (κ1) is 31.8. The van der Waals surface area contributed by atoms with Crippen LogP contribution in [0.5, 0.6) is 0 Å². The summed E-state index contributed by atoms with van der Waals surface area (Å²) in [4.78, 5) is 33.5. The predicted molar refractivity (Wildman–Crippen MR) is 167 cm³/mol. The summed E-state index contributed by atoms with van der Waals surface area (Å²) in [6.45, 7) is 18.6. The van der Waals surface area contributed by atoms with Crippen LogP contribution < -0.4 is 0 Å². The summed E-state index contributed by atoms with van der Waals surface area (Å²) in [7, 11) is 5.21. The molecule has 10 heteroatoms. The molecule has 1 spiro atoms. The number of allylic oxidation sites excluding steroid dienone is 3. The molecule has 3 aliphatic heterocycles. The number of hydrogen-bond acceptors (Lipinski definition) is 6. The number of piperidine rings is 1. The minimum absolute atomic E-state index is 0.00331. The molecule has 1 aromatic heterocycles. The van der Waals surface area contributed by atoms with Crippen molar-refractivity contribution in [1.82, 2.24) is 24.5 Å². The molecule has 1 aromatic rings. The van der Waals surface area contributed by atoms with E-state index in [1.807, 2.05) is 60.2 Å². The SMILES string of the molecule is C=C(OC)C1=C(/C=C(\C)OC)CN2C(=O)N(CC)C3(CCN(C(=O)C(C)Sc4c(CC)c(C)nn4C)CC3)C2=C[C@@H]1C. The number of urea groups is 1. The molecule has 42 heavy (non-hydrogen) atoms. The number of hydrogen-bond donors (Lipinski definition) is 0. The predicted octanol–water partition coefficient (Wildman–Crippen LogP) is 5.43. The lowest BCUT2D eigenvalue weighted by atomic mass is 9.81. The van der Waals surface area contributed by atoms with Crippen LogP contribution in [0.4, 0.5) is 4.79 Å². The zero-order chi connectivity index (χ0) is 30.9. The molecule has 0 aliphatic carbocycles. The fraction of sp³-hybridized carbons (Fsp3) is 0.594.